The van der Waals surface area contributed by atoms with Crippen molar-refractivity contribution in [2.24, 2.45) is 0 Å². The number of ether oxygens (including phenoxy) is 1. The number of urea groups is 1. The van der Waals surface area contributed by atoms with E-state index in [4.69, 9.17) is 4.74 Å². The van der Waals surface area contributed by atoms with E-state index in [1.165, 1.54) is 30.5 Å². The highest BCUT2D eigenvalue weighted by atomic mass is 19.1. The summed E-state index contributed by atoms with van der Waals surface area (Å²) in [4.78, 5) is 28.2. The number of hydrogen-bond acceptors (Lipinski definition) is 5. The van der Waals surface area contributed by atoms with Gasteiger partial charge < -0.3 is 25.8 Å². The van der Waals surface area contributed by atoms with Crippen molar-refractivity contribution in [3.63, 3.8) is 0 Å². The Bertz CT molecular complexity index is 835. The van der Waals surface area contributed by atoms with E-state index in [0.717, 1.165) is 0 Å². The number of pyridine rings is 1. The Balaban J connectivity index is 1.40. The smallest absolute Gasteiger partial charge is 0.319 e. The predicted molar refractivity (Wildman–Crippen MR) is 109 cm³/mol. The molecule has 0 bridgehead atoms. The van der Waals surface area contributed by atoms with E-state index >= 15 is 0 Å². The van der Waals surface area contributed by atoms with Crippen LogP contribution in [-0.4, -0.2) is 53.4 Å². The monoisotopic (exact) mass is 416 g/mol. The summed E-state index contributed by atoms with van der Waals surface area (Å²) in [5.74, 6) is -0.628. The first-order chi connectivity index (χ1) is 14.5. The molecular weight excluding hydrogens is 391 g/mol. The second-order valence-electron chi connectivity index (χ2n) is 7.05. The average Bonchev–Trinajstić information content (AvgIpc) is 2.77. The third-order valence-corrected chi connectivity index (χ3v) is 4.89. The highest BCUT2D eigenvalue weighted by Gasteiger charge is 2.32. The number of anilines is 1. The number of amides is 3. The molecule has 30 heavy (non-hydrogen) atoms. The number of nitrogens with one attached hydrogen (secondary N) is 3. The summed E-state index contributed by atoms with van der Waals surface area (Å²) >= 11 is 0. The molecule has 8 nitrogen and oxygen atoms in total. The SMILES string of the molecule is O=C(NCC[C@H]1CC[C@H](NC(=O)c2cccnc2)[C@H](CO)O1)Nc1ccc(F)cc1. The van der Waals surface area contributed by atoms with E-state index < -0.39 is 12.1 Å². The van der Waals surface area contributed by atoms with Crippen LogP contribution in [0.4, 0.5) is 14.9 Å². The maximum absolute atomic E-state index is 12.9. The summed E-state index contributed by atoms with van der Waals surface area (Å²) < 4.78 is 18.8. The number of benzene rings is 1. The van der Waals surface area contributed by atoms with Crippen molar-refractivity contribution >= 4 is 17.6 Å². The van der Waals surface area contributed by atoms with Crippen molar-refractivity contribution in [1.29, 1.82) is 0 Å². The molecule has 2 aromatic rings. The van der Waals surface area contributed by atoms with E-state index in [-0.39, 0.29) is 30.5 Å². The van der Waals surface area contributed by atoms with Gasteiger partial charge in [0, 0.05) is 24.6 Å². The fraction of sp³-hybridized carbons (Fsp3) is 0.381. The van der Waals surface area contributed by atoms with Crippen LogP contribution in [0.15, 0.2) is 48.8 Å². The number of aliphatic hydroxyl groups excluding tert-OH is 1. The van der Waals surface area contributed by atoms with Crippen LogP contribution < -0.4 is 16.0 Å². The minimum Gasteiger partial charge on any atom is -0.394 e. The van der Waals surface area contributed by atoms with Crippen LogP contribution in [0.5, 0.6) is 0 Å². The lowest BCUT2D eigenvalue weighted by Crippen LogP contribution is -2.51. The van der Waals surface area contributed by atoms with Gasteiger partial charge in [-0.05, 0) is 55.7 Å². The molecule has 3 amide bonds. The molecule has 1 fully saturated rings. The molecule has 9 heteroatoms. The molecule has 0 radical (unpaired) electrons. The molecule has 0 aliphatic carbocycles. The van der Waals surface area contributed by atoms with Crippen molar-refractivity contribution in [2.75, 3.05) is 18.5 Å². The van der Waals surface area contributed by atoms with Crippen LogP contribution in [0.2, 0.25) is 0 Å². The van der Waals surface area contributed by atoms with E-state index in [1.807, 2.05) is 0 Å². The zero-order valence-corrected chi connectivity index (χ0v) is 16.4. The molecule has 4 N–H and O–H groups in total. The minimum atomic E-state index is -0.516. The predicted octanol–water partition coefficient (Wildman–Crippen LogP) is 2.07. The fourth-order valence-electron chi connectivity index (χ4n) is 3.31. The van der Waals surface area contributed by atoms with E-state index in [9.17, 15) is 19.1 Å². The van der Waals surface area contributed by atoms with Crippen molar-refractivity contribution < 1.29 is 23.8 Å². The molecule has 3 rings (SSSR count). The highest BCUT2D eigenvalue weighted by Crippen LogP contribution is 2.22. The lowest BCUT2D eigenvalue weighted by atomic mass is 9.97. The zero-order chi connectivity index (χ0) is 21.3. The molecule has 2 heterocycles. The molecular formula is C21H25FN4O4. The average molecular weight is 416 g/mol. The second kappa shape index (κ2) is 10.7. The summed E-state index contributed by atoms with van der Waals surface area (Å²) in [6, 6.07) is 8.16. The molecule has 1 aromatic carbocycles. The van der Waals surface area contributed by atoms with Gasteiger partial charge in [-0.25, -0.2) is 9.18 Å². The van der Waals surface area contributed by atoms with Gasteiger partial charge in [0.15, 0.2) is 0 Å². The maximum Gasteiger partial charge on any atom is 0.319 e. The first-order valence-electron chi connectivity index (χ1n) is 9.83. The van der Waals surface area contributed by atoms with Crippen LogP contribution in [-0.2, 0) is 4.74 Å². The lowest BCUT2D eigenvalue weighted by molar-refractivity contribution is -0.0892. The number of rotatable bonds is 7. The van der Waals surface area contributed by atoms with Crippen LogP contribution in [0.25, 0.3) is 0 Å². The Labute approximate surface area is 173 Å². The van der Waals surface area contributed by atoms with Gasteiger partial charge in [-0.3, -0.25) is 9.78 Å². The largest absolute Gasteiger partial charge is 0.394 e. The Morgan fingerprint density at radius 3 is 2.70 bits per heavy atom. The first-order valence-corrected chi connectivity index (χ1v) is 9.83. The summed E-state index contributed by atoms with van der Waals surface area (Å²) in [6.07, 6.45) is 4.33. The van der Waals surface area contributed by atoms with Gasteiger partial charge in [0.05, 0.1) is 24.3 Å². The third-order valence-electron chi connectivity index (χ3n) is 4.89. The quantitative estimate of drug-likeness (QED) is 0.552. The Hall–Kier alpha value is -3.04. The van der Waals surface area contributed by atoms with Crippen LogP contribution >= 0.6 is 0 Å². The number of aliphatic hydroxyl groups is 1. The van der Waals surface area contributed by atoms with Crippen molar-refractivity contribution in [2.45, 2.75) is 37.5 Å². The fourth-order valence-corrected chi connectivity index (χ4v) is 3.31. The van der Waals surface area contributed by atoms with Crippen LogP contribution in [0.3, 0.4) is 0 Å². The molecule has 3 atom stereocenters. The topological polar surface area (TPSA) is 113 Å². The molecule has 0 unspecified atom stereocenters. The van der Waals surface area contributed by atoms with E-state index in [0.29, 0.717) is 37.1 Å². The molecule has 1 saturated heterocycles. The Kier molecular flexibility index (Phi) is 7.69. The minimum absolute atomic E-state index is 0.139. The van der Waals surface area contributed by atoms with Crippen molar-refractivity contribution in [1.82, 2.24) is 15.6 Å². The molecule has 1 aliphatic rings. The maximum atomic E-state index is 12.9. The third kappa shape index (κ3) is 6.23. The van der Waals surface area contributed by atoms with Gasteiger partial charge in [0.1, 0.15) is 11.9 Å². The highest BCUT2D eigenvalue weighted by molar-refractivity contribution is 5.94. The molecule has 1 aliphatic heterocycles. The molecule has 160 valence electrons. The van der Waals surface area contributed by atoms with Gasteiger partial charge in [-0.15, -0.1) is 0 Å². The second-order valence-corrected chi connectivity index (χ2v) is 7.05. The van der Waals surface area contributed by atoms with Gasteiger partial charge >= 0.3 is 6.03 Å². The number of carbonyl (C=O) groups is 2. The van der Waals surface area contributed by atoms with E-state index in [2.05, 4.69) is 20.9 Å². The number of nitrogens with zero attached hydrogens (tertiary/aromatic N) is 1. The first kappa shape index (κ1) is 21.7. The molecule has 1 aromatic heterocycles. The number of aromatic nitrogens is 1. The zero-order valence-electron chi connectivity index (χ0n) is 16.4. The van der Waals surface area contributed by atoms with Gasteiger partial charge in [-0.2, -0.15) is 0 Å². The summed E-state index contributed by atoms with van der Waals surface area (Å²) in [5, 5.41) is 17.9. The van der Waals surface area contributed by atoms with Crippen LogP contribution in [0.1, 0.15) is 29.6 Å². The normalized spacial score (nSPS) is 20.9. The summed E-state index contributed by atoms with van der Waals surface area (Å²) in [6.45, 7) is 0.162. The van der Waals surface area contributed by atoms with Gasteiger partial charge in [0.25, 0.3) is 5.91 Å². The molecule has 0 spiro atoms. The lowest BCUT2D eigenvalue weighted by Gasteiger charge is -2.36. The number of hydrogen-bond donors (Lipinski definition) is 4. The van der Waals surface area contributed by atoms with Gasteiger partial charge in [0.2, 0.25) is 0 Å². The summed E-state index contributed by atoms with van der Waals surface area (Å²) in [7, 11) is 0. The van der Waals surface area contributed by atoms with Crippen LogP contribution in [0, 0.1) is 5.82 Å². The standard InChI is InChI=1S/C21H25FN4O4/c22-15-3-5-16(6-4-15)25-21(29)24-11-9-17-7-8-18(19(13-27)30-17)26-20(28)14-2-1-10-23-12-14/h1-6,10,12,17-19,27H,7-9,11,13H2,(H,26,28)(H2,24,25,29)/t17-,18+,19+/m1/s1. The van der Waals surface area contributed by atoms with Crippen molar-refractivity contribution in [3.8, 4) is 0 Å². The van der Waals surface area contributed by atoms with Crippen molar-refractivity contribution in [3.05, 3.63) is 60.2 Å². The Morgan fingerprint density at radius 1 is 1.20 bits per heavy atom. The molecule has 0 saturated carbocycles. The summed E-state index contributed by atoms with van der Waals surface area (Å²) in [5.41, 5.74) is 0.947. The Morgan fingerprint density at radius 2 is 2.00 bits per heavy atom. The van der Waals surface area contributed by atoms with E-state index in [1.54, 1.807) is 18.3 Å². The number of carbonyl (C=O) groups excluding carboxylic acids is 2. The van der Waals surface area contributed by atoms with Gasteiger partial charge in [-0.1, -0.05) is 0 Å². The number of halogens is 1.